The lowest BCUT2D eigenvalue weighted by Gasteiger charge is -2.06. The molecule has 0 atom stereocenters. The van der Waals surface area contributed by atoms with Crippen molar-refractivity contribution in [2.75, 3.05) is 13.6 Å². The van der Waals surface area contributed by atoms with Crippen LogP contribution in [-0.4, -0.2) is 24.4 Å². The molecule has 0 aliphatic carbocycles. The molecule has 70 valence electrons. The summed E-state index contributed by atoms with van der Waals surface area (Å²) in [7, 11) is 1.80. The second-order valence-corrected chi connectivity index (χ2v) is 4.00. The molecule has 0 spiro atoms. The van der Waals surface area contributed by atoms with E-state index in [2.05, 4.69) is 22.5 Å². The maximum atomic E-state index is 11.5. The molecule has 0 fully saturated rings. The topological polar surface area (TPSA) is 20.3 Å². The van der Waals surface area contributed by atoms with Gasteiger partial charge in [-0.05, 0) is 18.6 Å². The fraction of sp³-hybridized carbons (Fsp3) is 0.300. The highest BCUT2D eigenvalue weighted by Crippen LogP contribution is 2.21. The summed E-state index contributed by atoms with van der Waals surface area (Å²) in [5, 5.41) is 0. The molecule has 1 aliphatic rings. The predicted molar refractivity (Wildman–Crippen MR) is 57.5 cm³/mol. The average molecular weight is 242 g/mol. The number of nitrogens with zero attached hydrogens (tertiary/aromatic N) is 1. The lowest BCUT2D eigenvalue weighted by Crippen LogP contribution is -2.21. The molecule has 0 bridgehead atoms. The van der Waals surface area contributed by atoms with Gasteiger partial charge in [-0.15, -0.1) is 0 Å². The van der Waals surface area contributed by atoms with Crippen molar-refractivity contribution in [3.8, 4) is 0 Å². The number of hydrogen-bond donors (Lipinski definition) is 0. The number of rotatable bonds is 2. The highest BCUT2D eigenvalue weighted by Gasteiger charge is 2.22. The Morgan fingerprint density at radius 2 is 2.31 bits per heavy atom. The van der Waals surface area contributed by atoms with Crippen LogP contribution in [0, 0.1) is 0 Å². The van der Waals surface area contributed by atoms with E-state index in [1.165, 1.54) is 0 Å². The van der Waals surface area contributed by atoms with Gasteiger partial charge in [-0.2, -0.15) is 0 Å². The van der Waals surface area contributed by atoms with Crippen LogP contribution in [0.15, 0.2) is 34.4 Å². The van der Waals surface area contributed by atoms with Crippen molar-refractivity contribution in [3.05, 3.63) is 34.4 Å². The Morgan fingerprint density at radius 1 is 1.69 bits per heavy atom. The van der Waals surface area contributed by atoms with Gasteiger partial charge in [0.25, 0.3) is 5.91 Å². The minimum Gasteiger partial charge on any atom is -0.338 e. The number of likely N-dealkylation sites (N-methyl/N-ethyl adjacent to an activating group) is 1. The predicted octanol–water partition coefficient (Wildman–Crippen LogP) is 2.24. The Bertz CT molecular complexity index is 315. The zero-order valence-corrected chi connectivity index (χ0v) is 9.39. The summed E-state index contributed by atoms with van der Waals surface area (Å²) in [6.45, 7) is 6.30. The van der Waals surface area contributed by atoms with Gasteiger partial charge in [-0.3, -0.25) is 4.79 Å². The van der Waals surface area contributed by atoms with Crippen molar-refractivity contribution < 1.29 is 4.79 Å². The molecule has 1 aliphatic heterocycles. The van der Waals surface area contributed by atoms with E-state index < -0.39 is 0 Å². The largest absolute Gasteiger partial charge is 0.338 e. The first-order chi connectivity index (χ1) is 6.06. The highest BCUT2D eigenvalue weighted by atomic mass is 79.9. The number of allylic oxidation sites excluding steroid dienone is 2. The van der Waals surface area contributed by atoms with E-state index in [4.69, 9.17) is 0 Å². The van der Waals surface area contributed by atoms with Gasteiger partial charge in [-0.25, -0.2) is 0 Å². The Morgan fingerprint density at radius 3 is 2.69 bits per heavy atom. The quantitative estimate of drug-likeness (QED) is 0.680. The van der Waals surface area contributed by atoms with E-state index >= 15 is 0 Å². The third kappa shape index (κ3) is 2.10. The van der Waals surface area contributed by atoms with E-state index in [0.29, 0.717) is 0 Å². The van der Waals surface area contributed by atoms with Crippen molar-refractivity contribution >= 4 is 21.8 Å². The van der Waals surface area contributed by atoms with E-state index in [1.54, 1.807) is 18.0 Å². The fourth-order valence-corrected chi connectivity index (χ4v) is 1.51. The van der Waals surface area contributed by atoms with Gasteiger partial charge in [0.1, 0.15) is 0 Å². The van der Waals surface area contributed by atoms with Gasteiger partial charge >= 0.3 is 0 Å². The standard InChI is InChI=1S/C10H12BrNO/c1-4-8(11)5-9-7(2)6-12(3)10(9)13/h4-5H,1,6H2,2-3H3/b8-5+. The molecule has 0 aromatic carbocycles. The molecular formula is C10H12BrNO. The van der Waals surface area contributed by atoms with Gasteiger partial charge in [-0.1, -0.05) is 28.6 Å². The second-order valence-electron chi connectivity index (χ2n) is 3.09. The summed E-state index contributed by atoms with van der Waals surface area (Å²) in [4.78, 5) is 13.2. The van der Waals surface area contributed by atoms with Crippen molar-refractivity contribution in [1.29, 1.82) is 0 Å². The molecule has 13 heavy (non-hydrogen) atoms. The normalized spacial score (nSPS) is 18.5. The van der Waals surface area contributed by atoms with Crippen molar-refractivity contribution in [1.82, 2.24) is 4.90 Å². The average Bonchev–Trinajstić information content (AvgIpc) is 2.32. The van der Waals surface area contributed by atoms with Crippen LogP contribution in [0.5, 0.6) is 0 Å². The van der Waals surface area contributed by atoms with E-state index in [1.807, 2.05) is 13.0 Å². The van der Waals surface area contributed by atoms with E-state index in [9.17, 15) is 4.79 Å². The number of carbonyl (C=O) groups is 1. The van der Waals surface area contributed by atoms with Crippen molar-refractivity contribution in [2.45, 2.75) is 6.92 Å². The third-order valence-corrected chi connectivity index (χ3v) is 2.54. The molecule has 0 aromatic rings. The van der Waals surface area contributed by atoms with Crippen LogP contribution in [0.25, 0.3) is 0 Å². The first kappa shape index (κ1) is 10.3. The lowest BCUT2D eigenvalue weighted by atomic mass is 10.1. The van der Waals surface area contributed by atoms with Crippen LogP contribution in [0.4, 0.5) is 0 Å². The molecule has 1 heterocycles. The van der Waals surface area contributed by atoms with Crippen LogP contribution in [-0.2, 0) is 4.79 Å². The van der Waals surface area contributed by atoms with Crippen LogP contribution in [0.2, 0.25) is 0 Å². The molecule has 0 unspecified atom stereocenters. The molecule has 2 nitrogen and oxygen atoms in total. The maximum absolute atomic E-state index is 11.5. The number of halogens is 1. The zero-order chi connectivity index (χ0) is 10.0. The maximum Gasteiger partial charge on any atom is 0.253 e. The molecule has 0 radical (unpaired) electrons. The zero-order valence-electron chi connectivity index (χ0n) is 7.80. The van der Waals surface area contributed by atoms with Gasteiger partial charge in [0.2, 0.25) is 0 Å². The summed E-state index contributed by atoms with van der Waals surface area (Å²) in [5.41, 5.74) is 1.88. The highest BCUT2D eigenvalue weighted by molar-refractivity contribution is 9.11. The molecule has 0 aromatic heterocycles. The molecule has 1 amide bonds. The van der Waals surface area contributed by atoms with Crippen molar-refractivity contribution in [3.63, 3.8) is 0 Å². The van der Waals surface area contributed by atoms with Crippen LogP contribution >= 0.6 is 15.9 Å². The SMILES string of the molecule is C=C/C(Br)=C\C1=C(C)CN(C)C1=O. The molecule has 3 heteroatoms. The summed E-state index contributed by atoms with van der Waals surface area (Å²) in [6, 6.07) is 0. The van der Waals surface area contributed by atoms with Gasteiger partial charge in [0.15, 0.2) is 0 Å². The van der Waals surface area contributed by atoms with Gasteiger partial charge in [0.05, 0.1) is 0 Å². The second kappa shape index (κ2) is 3.92. The smallest absolute Gasteiger partial charge is 0.253 e. The molecular weight excluding hydrogens is 230 g/mol. The number of carbonyl (C=O) groups excluding carboxylic acids is 1. The van der Waals surface area contributed by atoms with Crippen LogP contribution < -0.4 is 0 Å². The Balaban J connectivity index is 2.98. The van der Waals surface area contributed by atoms with Gasteiger partial charge in [0, 0.05) is 23.6 Å². The minimum absolute atomic E-state index is 0.0799. The summed E-state index contributed by atoms with van der Waals surface area (Å²) >= 11 is 3.30. The Hall–Kier alpha value is -0.830. The number of amides is 1. The first-order valence-electron chi connectivity index (χ1n) is 4.01. The minimum atomic E-state index is 0.0799. The lowest BCUT2D eigenvalue weighted by molar-refractivity contribution is -0.124. The molecule has 1 rings (SSSR count). The van der Waals surface area contributed by atoms with Crippen LogP contribution in [0.1, 0.15) is 6.92 Å². The Kier molecular flexibility index (Phi) is 3.09. The summed E-state index contributed by atoms with van der Waals surface area (Å²) < 4.78 is 0.838. The fourth-order valence-electron chi connectivity index (χ4n) is 1.28. The Labute approximate surface area is 86.7 Å². The first-order valence-corrected chi connectivity index (χ1v) is 4.80. The van der Waals surface area contributed by atoms with Crippen LogP contribution in [0.3, 0.4) is 0 Å². The third-order valence-electron chi connectivity index (χ3n) is 1.99. The monoisotopic (exact) mass is 241 g/mol. The molecule has 0 N–H and O–H groups in total. The van der Waals surface area contributed by atoms with Gasteiger partial charge < -0.3 is 4.90 Å². The van der Waals surface area contributed by atoms with E-state index in [-0.39, 0.29) is 5.91 Å². The number of hydrogen-bond acceptors (Lipinski definition) is 1. The summed E-state index contributed by atoms with van der Waals surface area (Å²) in [6.07, 6.45) is 3.49. The molecule has 0 saturated carbocycles. The molecule has 0 saturated heterocycles. The van der Waals surface area contributed by atoms with E-state index in [0.717, 1.165) is 22.2 Å². The van der Waals surface area contributed by atoms with Crippen molar-refractivity contribution in [2.24, 2.45) is 0 Å². The summed E-state index contributed by atoms with van der Waals surface area (Å²) in [5.74, 6) is 0.0799.